The summed E-state index contributed by atoms with van der Waals surface area (Å²) >= 11 is 0. The van der Waals surface area contributed by atoms with Gasteiger partial charge in [0.05, 0.1) is 6.42 Å². The van der Waals surface area contributed by atoms with Crippen LogP contribution in [0.5, 0.6) is 0 Å². The Labute approximate surface area is 76.3 Å². The number of aliphatic carboxylic acids is 1. The number of hydrogen-bond acceptors (Lipinski definition) is 3. The smallest absolute Gasteiger partial charge is 0.320 e. The normalized spacial score (nSPS) is 11.4. The lowest BCUT2D eigenvalue weighted by molar-refractivity contribution is -0.138. The fourth-order valence-electron chi connectivity index (χ4n) is 0.646. The molecule has 72 valence electrons. The second-order valence-corrected chi connectivity index (χ2v) is 2.46. The molecule has 0 saturated heterocycles. The summed E-state index contributed by atoms with van der Waals surface area (Å²) < 4.78 is 0. The second-order valence-electron chi connectivity index (χ2n) is 2.46. The molecule has 0 bridgehead atoms. The molecule has 0 aliphatic carbocycles. The molecule has 0 radical (unpaired) electrons. The van der Waals surface area contributed by atoms with E-state index in [4.69, 9.17) is 17.3 Å². The maximum absolute atomic E-state index is 10.8. The molecule has 0 unspecified atom stereocenters. The van der Waals surface area contributed by atoms with Gasteiger partial charge >= 0.3 is 5.97 Å². The SMILES string of the molecule is C#CCC(=O)NCC[C@H](N)C(=O)O. The first-order valence-electron chi connectivity index (χ1n) is 3.76. The van der Waals surface area contributed by atoms with E-state index in [1.165, 1.54) is 0 Å². The van der Waals surface area contributed by atoms with Crippen molar-refractivity contribution in [3.63, 3.8) is 0 Å². The zero-order valence-corrected chi connectivity index (χ0v) is 7.12. The third-order valence-corrected chi connectivity index (χ3v) is 1.36. The molecule has 0 aromatic rings. The van der Waals surface area contributed by atoms with Crippen LogP contribution in [0.4, 0.5) is 0 Å². The highest BCUT2D eigenvalue weighted by molar-refractivity contribution is 5.78. The number of carboxylic acids is 1. The van der Waals surface area contributed by atoms with Gasteiger partial charge in [0.2, 0.25) is 5.91 Å². The Hall–Kier alpha value is -1.54. The zero-order valence-electron chi connectivity index (χ0n) is 7.12. The van der Waals surface area contributed by atoms with Crippen molar-refractivity contribution < 1.29 is 14.7 Å². The molecular formula is C8H12N2O3. The van der Waals surface area contributed by atoms with Crippen LogP contribution in [0.3, 0.4) is 0 Å². The van der Waals surface area contributed by atoms with Crippen LogP contribution >= 0.6 is 0 Å². The number of rotatable bonds is 5. The van der Waals surface area contributed by atoms with Gasteiger partial charge in [-0.1, -0.05) is 5.92 Å². The first-order chi connectivity index (χ1) is 6.07. The summed E-state index contributed by atoms with van der Waals surface area (Å²) in [6, 6.07) is -0.939. The van der Waals surface area contributed by atoms with Crippen molar-refractivity contribution in [1.29, 1.82) is 0 Å². The topological polar surface area (TPSA) is 92.4 Å². The Morgan fingerprint density at radius 3 is 2.69 bits per heavy atom. The molecule has 0 aliphatic rings. The quantitative estimate of drug-likeness (QED) is 0.474. The van der Waals surface area contributed by atoms with Crippen molar-refractivity contribution in [2.75, 3.05) is 6.54 Å². The van der Waals surface area contributed by atoms with Gasteiger partial charge in [0.15, 0.2) is 0 Å². The van der Waals surface area contributed by atoms with Crippen LogP contribution in [0.25, 0.3) is 0 Å². The summed E-state index contributed by atoms with van der Waals surface area (Å²) in [6.07, 6.45) is 5.08. The van der Waals surface area contributed by atoms with E-state index in [0.29, 0.717) is 0 Å². The number of nitrogens with two attached hydrogens (primary N) is 1. The zero-order chi connectivity index (χ0) is 10.3. The van der Waals surface area contributed by atoms with Gasteiger partial charge in [0.1, 0.15) is 6.04 Å². The van der Waals surface area contributed by atoms with Crippen molar-refractivity contribution in [2.45, 2.75) is 18.9 Å². The van der Waals surface area contributed by atoms with E-state index in [-0.39, 0.29) is 25.3 Å². The summed E-state index contributed by atoms with van der Waals surface area (Å²) in [5.41, 5.74) is 5.19. The van der Waals surface area contributed by atoms with Gasteiger partial charge in [-0.3, -0.25) is 9.59 Å². The molecule has 13 heavy (non-hydrogen) atoms. The van der Waals surface area contributed by atoms with E-state index in [1.54, 1.807) is 0 Å². The summed E-state index contributed by atoms with van der Waals surface area (Å²) in [6.45, 7) is 0.230. The number of carbonyl (C=O) groups is 2. The van der Waals surface area contributed by atoms with Crippen LogP contribution in [0, 0.1) is 12.3 Å². The molecule has 0 fully saturated rings. The van der Waals surface area contributed by atoms with Crippen molar-refractivity contribution >= 4 is 11.9 Å². The number of hydrogen-bond donors (Lipinski definition) is 3. The van der Waals surface area contributed by atoms with E-state index in [2.05, 4.69) is 11.2 Å². The standard InChI is InChI=1S/C8H12N2O3/c1-2-3-7(11)10-5-4-6(9)8(12)13/h1,6H,3-5,9H2,(H,10,11)(H,12,13)/t6-/m0/s1. The first-order valence-corrected chi connectivity index (χ1v) is 3.76. The fraction of sp³-hybridized carbons (Fsp3) is 0.500. The van der Waals surface area contributed by atoms with Gasteiger partial charge in [-0.25, -0.2) is 0 Å². The molecule has 0 heterocycles. The third-order valence-electron chi connectivity index (χ3n) is 1.36. The molecule has 5 nitrogen and oxygen atoms in total. The van der Waals surface area contributed by atoms with Crippen molar-refractivity contribution in [1.82, 2.24) is 5.32 Å². The van der Waals surface area contributed by atoms with E-state index >= 15 is 0 Å². The van der Waals surface area contributed by atoms with Crippen LogP contribution in [0.15, 0.2) is 0 Å². The Kier molecular flexibility index (Phi) is 5.32. The highest BCUT2D eigenvalue weighted by Gasteiger charge is 2.10. The number of terminal acetylenes is 1. The molecule has 0 aromatic heterocycles. The number of amides is 1. The highest BCUT2D eigenvalue weighted by atomic mass is 16.4. The lowest BCUT2D eigenvalue weighted by Gasteiger charge is -2.06. The Morgan fingerprint density at radius 2 is 2.23 bits per heavy atom. The van der Waals surface area contributed by atoms with Crippen LogP contribution in [0.2, 0.25) is 0 Å². The van der Waals surface area contributed by atoms with Gasteiger partial charge in [-0.05, 0) is 6.42 Å². The minimum Gasteiger partial charge on any atom is -0.480 e. The van der Waals surface area contributed by atoms with E-state index < -0.39 is 12.0 Å². The number of carbonyl (C=O) groups excluding carboxylic acids is 1. The van der Waals surface area contributed by atoms with Crippen LogP contribution in [0.1, 0.15) is 12.8 Å². The van der Waals surface area contributed by atoms with Crippen molar-refractivity contribution in [3.05, 3.63) is 0 Å². The van der Waals surface area contributed by atoms with Crippen molar-refractivity contribution in [3.8, 4) is 12.3 Å². The predicted molar refractivity (Wildman–Crippen MR) is 46.7 cm³/mol. The molecule has 0 spiro atoms. The second kappa shape index (κ2) is 6.03. The maximum atomic E-state index is 10.8. The van der Waals surface area contributed by atoms with Crippen LogP contribution in [-0.2, 0) is 9.59 Å². The summed E-state index contributed by atoms with van der Waals surface area (Å²) in [7, 11) is 0. The van der Waals surface area contributed by atoms with Crippen LogP contribution < -0.4 is 11.1 Å². The lowest BCUT2D eigenvalue weighted by Crippen LogP contribution is -2.35. The molecule has 1 atom stereocenters. The molecule has 4 N–H and O–H groups in total. The summed E-state index contributed by atoms with van der Waals surface area (Å²) in [5.74, 6) is 0.800. The third kappa shape index (κ3) is 5.70. The summed E-state index contributed by atoms with van der Waals surface area (Å²) in [4.78, 5) is 21.0. The Morgan fingerprint density at radius 1 is 1.62 bits per heavy atom. The Bertz CT molecular complexity index is 232. The molecule has 5 heteroatoms. The van der Waals surface area contributed by atoms with Gasteiger partial charge in [-0.15, -0.1) is 6.42 Å². The average molecular weight is 184 g/mol. The lowest BCUT2D eigenvalue weighted by atomic mass is 10.2. The molecule has 0 saturated carbocycles. The van der Waals surface area contributed by atoms with E-state index in [0.717, 1.165) is 0 Å². The largest absolute Gasteiger partial charge is 0.480 e. The first kappa shape index (κ1) is 11.5. The average Bonchev–Trinajstić information content (AvgIpc) is 2.04. The fourth-order valence-corrected chi connectivity index (χ4v) is 0.646. The van der Waals surface area contributed by atoms with E-state index in [1.807, 2.05) is 0 Å². The monoisotopic (exact) mass is 184 g/mol. The number of nitrogens with one attached hydrogen (secondary N) is 1. The molecular weight excluding hydrogens is 172 g/mol. The molecule has 0 rings (SSSR count). The van der Waals surface area contributed by atoms with Gasteiger partial charge in [0, 0.05) is 6.54 Å². The van der Waals surface area contributed by atoms with Gasteiger partial charge in [-0.2, -0.15) is 0 Å². The molecule has 1 amide bonds. The molecule has 0 aromatic carbocycles. The Balaban J connectivity index is 3.51. The number of carboxylic acid groups (broad SMARTS) is 1. The van der Waals surface area contributed by atoms with E-state index in [9.17, 15) is 9.59 Å². The van der Waals surface area contributed by atoms with Gasteiger partial charge in [0.25, 0.3) is 0 Å². The minimum atomic E-state index is -1.08. The summed E-state index contributed by atoms with van der Waals surface area (Å²) in [5, 5.41) is 10.8. The minimum absolute atomic E-state index is 0.00229. The maximum Gasteiger partial charge on any atom is 0.320 e. The molecule has 0 aliphatic heterocycles. The van der Waals surface area contributed by atoms with Crippen molar-refractivity contribution in [2.24, 2.45) is 5.73 Å². The highest BCUT2D eigenvalue weighted by Crippen LogP contribution is 1.86. The van der Waals surface area contributed by atoms with Crippen LogP contribution in [-0.4, -0.2) is 29.6 Å². The van der Waals surface area contributed by atoms with Gasteiger partial charge < -0.3 is 16.2 Å². The predicted octanol–water partition coefficient (Wildman–Crippen LogP) is -1.07.